The van der Waals surface area contributed by atoms with E-state index >= 15 is 0 Å². The topological polar surface area (TPSA) is 92.5 Å². The Hall–Kier alpha value is -2.12. The molecule has 7 heteroatoms. The Bertz CT molecular complexity index is 653. The maximum absolute atomic E-state index is 12.2. The van der Waals surface area contributed by atoms with Crippen LogP contribution in [0.3, 0.4) is 0 Å². The zero-order valence-corrected chi connectivity index (χ0v) is 12.2. The predicted molar refractivity (Wildman–Crippen MR) is 80.2 cm³/mol. The zero-order valence-electron chi connectivity index (χ0n) is 11.3. The van der Waals surface area contributed by atoms with Gasteiger partial charge in [-0.05, 0) is 17.7 Å². The van der Waals surface area contributed by atoms with Crippen molar-refractivity contribution in [2.24, 2.45) is 5.73 Å². The molecule has 0 spiro atoms. The molecule has 1 heterocycles. The summed E-state index contributed by atoms with van der Waals surface area (Å²) >= 11 is 0. The van der Waals surface area contributed by atoms with Gasteiger partial charge in [0.25, 0.3) is 0 Å². The van der Waals surface area contributed by atoms with Crippen LogP contribution < -0.4 is 10.5 Å². The normalized spacial score (nSPS) is 17.9. The molecule has 112 valence electrons. The van der Waals surface area contributed by atoms with Crippen molar-refractivity contribution < 1.29 is 13.2 Å². The summed E-state index contributed by atoms with van der Waals surface area (Å²) < 4.78 is 26.9. The lowest BCUT2D eigenvalue weighted by Gasteiger charge is -2.29. The molecule has 0 aromatic heterocycles. The molecular weight excluding hydrogens is 290 g/mol. The van der Waals surface area contributed by atoms with E-state index in [-0.39, 0.29) is 12.3 Å². The highest BCUT2D eigenvalue weighted by Gasteiger charge is 2.22. The first-order valence-electron chi connectivity index (χ1n) is 6.39. The third-order valence-electron chi connectivity index (χ3n) is 2.88. The summed E-state index contributed by atoms with van der Waals surface area (Å²) in [7, 11) is -3.53. The number of nitrogens with one attached hydrogen (secondary N) is 1. The van der Waals surface area contributed by atoms with Crippen LogP contribution >= 0.6 is 0 Å². The second-order valence-electron chi connectivity index (χ2n) is 4.67. The number of rotatable bonds is 6. The number of benzene rings is 1. The highest BCUT2D eigenvalue weighted by Crippen LogP contribution is 2.10. The van der Waals surface area contributed by atoms with Crippen LogP contribution in [0.15, 0.2) is 54.8 Å². The van der Waals surface area contributed by atoms with Crippen molar-refractivity contribution in [3.63, 3.8) is 0 Å². The highest BCUT2D eigenvalue weighted by molar-refractivity contribution is 7.88. The van der Waals surface area contributed by atoms with E-state index in [0.29, 0.717) is 5.56 Å². The summed E-state index contributed by atoms with van der Waals surface area (Å²) in [6.07, 6.45) is 6.10. The first-order valence-corrected chi connectivity index (χ1v) is 8.04. The number of amides is 1. The maximum Gasteiger partial charge on any atom is 0.236 e. The minimum Gasteiger partial charge on any atom is -0.368 e. The minimum atomic E-state index is -3.53. The van der Waals surface area contributed by atoms with Crippen LogP contribution in [0.1, 0.15) is 5.56 Å². The Labute approximate surface area is 124 Å². The van der Waals surface area contributed by atoms with Gasteiger partial charge in [0.15, 0.2) is 0 Å². The van der Waals surface area contributed by atoms with Gasteiger partial charge in [-0.1, -0.05) is 36.4 Å². The van der Waals surface area contributed by atoms with Crippen molar-refractivity contribution in [1.82, 2.24) is 9.62 Å². The Morgan fingerprint density at radius 3 is 2.62 bits per heavy atom. The molecule has 1 aliphatic heterocycles. The zero-order chi connectivity index (χ0) is 15.3. The molecule has 1 amide bonds. The number of hydrogen-bond donors (Lipinski definition) is 2. The summed E-state index contributed by atoms with van der Waals surface area (Å²) in [5.74, 6) is -0.644. The first kappa shape index (κ1) is 15.3. The van der Waals surface area contributed by atoms with E-state index in [1.165, 1.54) is 4.90 Å². The molecular formula is C14H17N3O3S. The van der Waals surface area contributed by atoms with Gasteiger partial charge in [0.1, 0.15) is 6.17 Å². The molecule has 1 aromatic rings. The molecule has 1 aliphatic rings. The quantitative estimate of drug-likeness (QED) is 0.791. The van der Waals surface area contributed by atoms with Gasteiger partial charge in [0.05, 0.1) is 12.3 Å². The SMILES string of the molecule is NC(=O)CN1C=CC=CC1NS(=O)(=O)Cc1ccccc1. The standard InChI is InChI=1S/C14H17N3O3S/c15-13(18)10-17-9-5-4-8-14(17)16-21(19,20)11-12-6-2-1-3-7-12/h1-9,14,16H,10-11H2,(H2,15,18). The van der Waals surface area contributed by atoms with Crippen LogP contribution in [-0.2, 0) is 20.6 Å². The van der Waals surface area contributed by atoms with E-state index in [0.717, 1.165) is 0 Å². The predicted octanol–water partition coefficient (Wildman–Crippen LogP) is 0.303. The van der Waals surface area contributed by atoms with Gasteiger partial charge in [-0.2, -0.15) is 4.72 Å². The van der Waals surface area contributed by atoms with Crippen LogP contribution in [-0.4, -0.2) is 31.9 Å². The van der Waals surface area contributed by atoms with Crippen molar-refractivity contribution in [2.45, 2.75) is 11.9 Å². The average molecular weight is 307 g/mol. The Balaban J connectivity index is 2.06. The van der Waals surface area contributed by atoms with Gasteiger partial charge in [-0.15, -0.1) is 0 Å². The maximum atomic E-state index is 12.2. The number of primary amides is 1. The summed E-state index contributed by atoms with van der Waals surface area (Å²) in [4.78, 5) is 12.5. The van der Waals surface area contributed by atoms with Gasteiger partial charge in [-0.25, -0.2) is 8.42 Å². The van der Waals surface area contributed by atoms with Crippen molar-refractivity contribution in [3.05, 3.63) is 60.3 Å². The van der Waals surface area contributed by atoms with E-state index in [1.54, 1.807) is 48.7 Å². The molecule has 3 N–H and O–H groups in total. The van der Waals surface area contributed by atoms with Crippen LogP contribution in [0.4, 0.5) is 0 Å². The smallest absolute Gasteiger partial charge is 0.236 e. The highest BCUT2D eigenvalue weighted by atomic mass is 32.2. The van der Waals surface area contributed by atoms with Crippen molar-refractivity contribution in [3.8, 4) is 0 Å². The molecule has 1 unspecified atom stereocenters. The van der Waals surface area contributed by atoms with Crippen LogP contribution in [0.2, 0.25) is 0 Å². The molecule has 0 fully saturated rings. The first-order chi connectivity index (χ1) is 9.96. The van der Waals surface area contributed by atoms with Gasteiger partial charge in [-0.3, -0.25) is 4.79 Å². The fourth-order valence-electron chi connectivity index (χ4n) is 1.99. The molecule has 0 bridgehead atoms. The van der Waals surface area contributed by atoms with E-state index in [2.05, 4.69) is 4.72 Å². The molecule has 0 radical (unpaired) electrons. The lowest BCUT2D eigenvalue weighted by atomic mass is 10.2. The van der Waals surface area contributed by atoms with Crippen molar-refractivity contribution in [1.29, 1.82) is 0 Å². The lowest BCUT2D eigenvalue weighted by molar-refractivity contribution is -0.118. The largest absolute Gasteiger partial charge is 0.368 e. The molecule has 21 heavy (non-hydrogen) atoms. The second-order valence-corrected chi connectivity index (χ2v) is 6.43. The third kappa shape index (κ3) is 4.73. The summed E-state index contributed by atoms with van der Waals surface area (Å²) in [6.45, 7) is -0.0562. The number of hydrogen-bond acceptors (Lipinski definition) is 4. The molecule has 0 saturated carbocycles. The fraction of sp³-hybridized carbons (Fsp3) is 0.214. The average Bonchev–Trinajstić information content (AvgIpc) is 2.41. The van der Waals surface area contributed by atoms with Gasteiger partial charge in [0, 0.05) is 6.20 Å². The number of sulfonamides is 1. The number of carbonyl (C=O) groups excluding carboxylic acids is 1. The Kier molecular flexibility index (Phi) is 4.77. The fourth-order valence-corrected chi connectivity index (χ4v) is 3.29. The Morgan fingerprint density at radius 2 is 1.95 bits per heavy atom. The van der Waals surface area contributed by atoms with Crippen LogP contribution in [0.25, 0.3) is 0 Å². The van der Waals surface area contributed by atoms with E-state index in [1.807, 2.05) is 6.07 Å². The monoisotopic (exact) mass is 307 g/mol. The van der Waals surface area contributed by atoms with Gasteiger partial charge in [0.2, 0.25) is 15.9 Å². The van der Waals surface area contributed by atoms with Crippen LogP contribution in [0, 0.1) is 0 Å². The van der Waals surface area contributed by atoms with Crippen molar-refractivity contribution in [2.75, 3.05) is 6.54 Å². The summed E-state index contributed by atoms with van der Waals surface area (Å²) in [5.41, 5.74) is 5.85. The minimum absolute atomic E-state index is 0.0562. The molecule has 1 aromatic carbocycles. The van der Waals surface area contributed by atoms with Gasteiger partial charge < -0.3 is 10.6 Å². The number of nitrogens with two attached hydrogens (primary N) is 1. The number of nitrogens with zero attached hydrogens (tertiary/aromatic N) is 1. The van der Waals surface area contributed by atoms with E-state index < -0.39 is 22.1 Å². The second kappa shape index (κ2) is 6.55. The summed E-state index contributed by atoms with van der Waals surface area (Å²) in [6, 6.07) is 8.89. The van der Waals surface area contributed by atoms with Crippen molar-refractivity contribution >= 4 is 15.9 Å². The van der Waals surface area contributed by atoms with E-state index in [4.69, 9.17) is 5.73 Å². The molecule has 1 atom stereocenters. The lowest BCUT2D eigenvalue weighted by Crippen LogP contribution is -2.48. The molecule has 0 saturated heterocycles. The number of allylic oxidation sites excluding steroid dienone is 2. The third-order valence-corrected chi connectivity index (χ3v) is 4.19. The van der Waals surface area contributed by atoms with Crippen LogP contribution in [0.5, 0.6) is 0 Å². The van der Waals surface area contributed by atoms with E-state index in [9.17, 15) is 13.2 Å². The molecule has 0 aliphatic carbocycles. The number of carbonyl (C=O) groups is 1. The summed E-state index contributed by atoms with van der Waals surface area (Å²) in [5, 5.41) is 0. The Morgan fingerprint density at radius 1 is 1.24 bits per heavy atom. The van der Waals surface area contributed by atoms with Gasteiger partial charge >= 0.3 is 0 Å². The molecule has 2 rings (SSSR count). The molecule has 6 nitrogen and oxygen atoms in total.